The largest absolute Gasteiger partial charge is 0.496 e. The molecule has 2 aromatic rings. The molecule has 2 rings (SSSR count). The summed E-state index contributed by atoms with van der Waals surface area (Å²) in [7, 11) is 1.60. The van der Waals surface area contributed by atoms with E-state index in [1.807, 2.05) is 24.3 Å². The van der Waals surface area contributed by atoms with Crippen LogP contribution >= 0.6 is 0 Å². The number of hydrogen-bond acceptors (Lipinski definition) is 5. The van der Waals surface area contributed by atoms with Gasteiger partial charge in [0.05, 0.1) is 19.2 Å². The molecule has 0 aliphatic heterocycles. The number of benzene rings is 1. The molecule has 1 heterocycles. The fourth-order valence-electron chi connectivity index (χ4n) is 1.27. The Balaban J connectivity index is 2.44. The Labute approximate surface area is 86.9 Å². The molecule has 0 spiro atoms. The van der Waals surface area contributed by atoms with Crippen molar-refractivity contribution in [3.63, 3.8) is 0 Å². The highest BCUT2D eigenvalue weighted by molar-refractivity contribution is 5.62. The van der Waals surface area contributed by atoms with Gasteiger partial charge in [-0.3, -0.25) is 0 Å². The van der Waals surface area contributed by atoms with E-state index in [9.17, 15) is 0 Å². The van der Waals surface area contributed by atoms with E-state index in [1.165, 1.54) is 0 Å². The van der Waals surface area contributed by atoms with Crippen LogP contribution in [0.25, 0.3) is 11.5 Å². The minimum absolute atomic E-state index is 0.263. The maximum atomic E-state index is 5.40. The first-order valence-electron chi connectivity index (χ1n) is 4.51. The standard InChI is InChI=1S/C10H11N3O2/c1-14-8-5-3-2-4-7(8)10-12-9(6-11)13-15-10/h2-5H,6,11H2,1H3. The zero-order chi connectivity index (χ0) is 10.7. The Morgan fingerprint density at radius 3 is 2.87 bits per heavy atom. The summed E-state index contributed by atoms with van der Waals surface area (Å²) in [5.74, 6) is 1.61. The molecule has 0 unspecified atom stereocenters. The summed E-state index contributed by atoms with van der Waals surface area (Å²) < 4.78 is 10.2. The third-order valence-electron chi connectivity index (χ3n) is 1.99. The van der Waals surface area contributed by atoms with Gasteiger partial charge >= 0.3 is 0 Å². The second-order valence-corrected chi connectivity index (χ2v) is 2.92. The minimum atomic E-state index is 0.263. The average molecular weight is 205 g/mol. The van der Waals surface area contributed by atoms with Crippen LogP contribution in [0.3, 0.4) is 0 Å². The van der Waals surface area contributed by atoms with Gasteiger partial charge in [-0.15, -0.1) is 0 Å². The number of aromatic nitrogens is 2. The molecule has 1 aromatic carbocycles. The molecule has 5 heteroatoms. The van der Waals surface area contributed by atoms with E-state index in [0.717, 1.165) is 5.56 Å². The second kappa shape index (κ2) is 4.10. The van der Waals surface area contributed by atoms with Gasteiger partial charge in [0.1, 0.15) is 5.75 Å². The van der Waals surface area contributed by atoms with E-state index in [4.69, 9.17) is 15.0 Å². The van der Waals surface area contributed by atoms with E-state index in [-0.39, 0.29) is 6.54 Å². The van der Waals surface area contributed by atoms with Crippen molar-refractivity contribution >= 4 is 0 Å². The SMILES string of the molecule is COc1ccccc1-c1nc(CN)no1. The van der Waals surface area contributed by atoms with Crippen LogP contribution in [-0.2, 0) is 6.54 Å². The lowest BCUT2D eigenvalue weighted by Crippen LogP contribution is -1.97. The Morgan fingerprint density at radius 1 is 1.40 bits per heavy atom. The van der Waals surface area contributed by atoms with Gasteiger partial charge < -0.3 is 15.0 Å². The molecule has 0 saturated carbocycles. The predicted octanol–water partition coefficient (Wildman–Crippen LogP) is 1.20. The van der Waals surface area contributed by atoms with Gasteiger partial charge in [0.25, 0.3) is 5.89 Å². The van der Waals surface area contributed by atoms with Crippen molar-refractivity contribution in [2.75, 3.05) is 7.11 Å². The van der Waals surface area contributed by atoms with Gasteiger partial charge in [-0.05, 0) is 12.1 Å². The van der Waals surface area contributed by atoms with Crippen molar-refractivity contribution < 1.29 is 9.26 Å². The fourth-order valence-corrected chi connectivity index (χ4v) is 1.27. The number of para-hydroxylation sites is 1. The Morgan fingerprint density at radius 2 is 2.20 bits per heavy atom. The highest BCUT2D eigenvalue weighted by Crippen LogP contribution is 2.27. The van der Waals surface area contributed by atoms with Crippen molar-refractivity contribution in [1.29, 1.82) is 0 Å². The summed E-state index contributed by atoms with van der Waals surface area (Å²) in [6, 6.07) is 7.45. The summed E-state index contributed by atoms with van der Waals surface area (Å²) in [6.45, 7) is 0.263. The van der Waals surface area contributed by atoms with Crippen molar-refractivity contribution in [2.45, 2.75) is 6.54 Å². The molecule has 0 aliphatic carbocycles. The zero-order valence-electron chi connectivity index (χ0n) is 8.30. The van der Waals surface area contributed by atoms with Crippen LogP contribution in [0.4, 0.5) is 0 Å². The average Bonchev–Trinajstić information content (AvgIpc) is 2.77. The van der Waals surface area contributed by atoms with Gasteiger partial charge in [-0.2, -0.15) is 4.98 Å². The summed E-state index contributed by atoms with van der Waals surface area (Å²) in [5.41, 5.74) is 6.17. The number of rotatable bonds is 3. The molecule has 0 amide bonds. The molecule has 1 aromatic heterocycles. The highest BCUT2D eigenvalue weighted by Gasteiger charge is 2.11. The molecule has 78 valence electrons. The minimum Gasteiger partial charge on any atom is -0.496 e. The monoisotopic (exact) mass is 205 g/mol. The summed E-state index contributed by atoms with van der Waals surface area (Å²) >= 11 is 0. The first-order chi connectivity index (χ1) is 7.35. The van der Waals surface area contributed by atoms with E-state index in [1.54, 1.807) is 7.11 Å². The van der Waals surface area contributed by atoms with E-state index >= 15 is 0 Å². The highest BCUT2D eigenvalue weighted by atomic mass is 16.5. The molecular weight excluding hydrogens is 194 g/mol. The van der Waals surface area contributed by atoms with Gasteiger partial charge in [-0.25, -0.2) is 0 Å². The number of methoxy groups -OCH3 is 1. The lowest BCUT2D eigenvalue weighted by Gasteiger charge is -2.02. The Kier molecular flexibility index (Phi) is 2.64. The van der Waals surface area contributed by atoms with Crippen LogP contribution in [0.1, 0.15) is 5.82 Å². The van der Waals surface area contributed by atoms with Crippen LogP contribution in [0.2, 0.25) is 0 Å². The smallest absolute Gasteiger partial charge is 0.261 e. The molecule has 0 bridgehead atoms. The second-order valence-electron chi connectivity index (χ2n) is 2.92. The molecule has 0 radical (unpaired) electrons. The van der Waals surface area contributed by atoms with Gasteiger partial charge in [-0.1, -0.05) is 17.3 Å². The van der Waals surface area contributed by atoms with E-state index in [0.29, 0.717) is 17.5 Å². The number of hydrogen-bond donors (Lipinski definition) is 1. The molecule has 5 nitrogen and oxygen atoms in total. The summed E-state index contributed by atoms with van der Waals surface area (Å²) in [6.07, 6.45) is 0. The Hall–Kier alpha value is -1.88. The zero-order valence-corrected chi connectivity index (χ0v) is 8.30. The quantitative estimate of drug-likeness (QED) is 0.815. The number of nitrogens with zero attached hydrogens (tertiary/aromatic N) is 2. The van der Waals surface area contributed by atoms with Crippen LogP contribution < -0.4 is 10.5 Å². The van der Waals surface area contributed by atoms with Gasteiger partial charge in [0.2, 0.25) is 0 Å². The number of nitrogens with two attached hydrogens (primary N) is 1. The lowest BCUT2D eigenvalue weighted by atomic mass is 10.2. The van der Waals surface area contributed by atoms with Crippen molar-refractivity contribution in [1.82, 2.24) is 10.1 Å². The predicted molar refractivity (Wildman–Crippen MR) is 54.2 cm³/mol. The molecule has 0 fully saturated rings. The van der Waals surface area contributed by atoms with Crippen LogP contribution in [0, 0.1) is 0 Å². The van der Waals surface area contributed by atoms with Crippen molar-refractivity contribution in [2.24, 2.45) is 5.73 Å². The molecule has 0 aliphatic rings. The van der Waals surface area contributed by atoms with Crippen molar-refractivity contribution in [3.05, 3.63) is 30.1 Å². The van der Waals surface area contributed by atoms with Crippen molar-refractivity contribution in [3.8, 4) is 17.2 Å². The van der Waals surface area contributed by atoms with Gasteiger partial charge in [0, 0.05) is 0 Å². The normalized spacial score (nSPS) is 10.3. The molecule has 0 saturated heterocycles. The first kappa shape index (κ1) is 9.67. The van der Waals surface area contributed by atoms with Gasteiger partial charge in [0.15, 0.2) is 5.82 Å². The maximum absolute atomic E-state index is 5.40. The topological polar surface area (TPSA) is 74.2 Å². The first-order valence-corrected chi connectivity index (χ1v) is 4.51. The third kappa shape index (κ3) is 1.82. The fraction of sp³-hybridized carbons (Fsp3) is 0.200. The number of ether oxygens (including phenoxy) is 1. The Bertz CT molecular complexity index is 453. The van der Waals surface area contributed by atoms with Crippen LogP contribution in [0.15, 0.2) is 28.8 Å². The maximum Gasteiger partial charge on any atom is 0.261 e. The molecule has 0 atom stereocenters. The lowest BCUT2D eigenvalue weighted by molar-refractivity contribution is 0.403. The molecule has 15 heavy (non-hydrogen) atoms. The van der Waals surface area contributed by atoms with E-state index in [2.05, 4.69) is 10.1 Å². The third-order valence-corrected chi connectivity index (χ3v) is 1.99. The summed E-state index contributed by atoms with van der Waals surface area (Å²) in [4.78, 5) is 4.12. The summed E-state index contributed by atoms with van der Waals surface area (Å²) in [5, 5.41) is 3.72. The van der Waals surface area contributed by atoms with Crippen LogP contribution in [0.5, 0.6) is 5.75 Å². The molecular formula is C10H11N3O2. The van der Waals surface area contributed by atoms with E-state index < -0.39 is 0 Å². The molecule has 2 N–H and O–H groups in total. The van der Waals surface area contributed by atoms with Crippen LogP contribution in [-0.4, -0.2) is 17.3 Å².